The summed E-state index contributed by atoms with van der Waals surface area (Å²) in [7, 11) is 0. The molecule has 0 aliphatic rings. The lowest BCUT2D eigenvalue weighted by Gasteiger charge is -2.12. The first-order valence-electron chi connectivity index (χ1n) is 8.83. The smallest absolute Gasteiger partial charge is 0.134 e. The highest BCUT2D eigenvalue weighted by atomic mass is 19.1. The average molecular weight is 354 g/mol. The maximum Gasteiger partial charge on any atom is 0.134 e. The largest absolute Gasteiger partial charge is 0.353 e. The second-order valence-electron chi connectivity index (χ2n) is 6.63. The molecular formula is C22H24F2N2+2. The van der Waals surface area contributed by atoms with E-state index in [-0.39, 0.29) is 11.6 Å². The van der Waals surface area contributed by atoms with E-state index in [1.54, 1.807) is 24.3 Å². The number of hydrogen-bond acceptors (Lipinski definition) is 0. The Hall–Kier alpha value is -2.56. The van der Waals surface area contributed by atoms with Crippen LogP contribution in [-0.4, -0.2) is 12.6 Å². The predicted molar refractivity (Wildman–Crippen MR) is 100.0 cm³/mol. The molecule has 2 nitrogen and oxygen atoms in total. The Morgan fingerprint density at radius 3 is 1.58 bits per heavy atom. The number of benzene rings is 3. The van der Waals surface area contributed by atoms with Gasteiger partial charge in [-0.15, -0.1) is 0 Å². The van der Waals surface area contributed by atoms with Gasteiger partial charge < -0.3 is 11.5 Å². The molecular weight excluding hydrogens is 330 g/mol. The van der Waals surface area contributed by atoms with Crippen LogP contribution in [0.1, 0.15) is 12.0 Å². The Labute approximate surface area is 152 Å². The van der Waals surface area contributed by atoms with Crippen LogP contribution in [0.3, 0.4) is 0 Å². The van der Waals surface area contributed by atoms with E-state index >= 15 is 0 Å². The first-order valence-corrected chi connectivity index (χ1v) is 8.83. The molecule has 3 aromatic carbocycles. The summed E-state index contributed by atoms with van der Waals surface area (Å²) in [6, 6.07) is 19.6. The standard InChI is InChI=1S/C22H22F2N2/c23-20-6-2-16(3-7-20)18-11-15(1-10-22(26)14-25)12-19(13-18)17-4-8-21(24)9-5-17/h2-9,11-13,22H,1,10,14,25-26H2/p+2/t22-/m1/s1. The average Bonchev–Trinajstić information content (AvgIpc) is 2.67. The van der Waals surface area contributed by atoms with Crippen molar-refractivity contribution in [3.63, 3.8) is 0 Å². The molecule has 0 heterocycles. The predicted octanol–water partition coefficient (Wildman–Crippen LogP) is 3.08. The minimum Gasteiger partial charge on any atom is -0.353 e. The van der Waals surface area contributed by atoms with E-state index in [4.69, 9.17) is 0 Å². The van der Waals surface area contributed by atoms with E-state index in [1.807, 2.05) is 0 Å². The Morgan fingerprint density at radius 1 is 0.692 bits per heavy atom. The number of rotatable bonds is 6. The molecule has 0 bridgehead atoms. The van der Waals surface area contributed by atoms with Gasteiger partial charge in [-0.3, -0.25) is 0 Å². The molecule has 4 heteroatoms. The van der Waals surface area contributed by atoms with Crippen molar-refractivity contribution in [1.82, 2.24) is 0 Å². The molecule has 0 amide bonds. The van der Waals surface area contributed by atoms with Crippen LogP contribution in [0.15, 0.2) is 66.7 Å². The highest BCUT2D eigenvalue weighted by Crippen LogP contribution is 2.29. The third kappa shape index (κ3) is 4.54. The molecule has 6 N–H and O–H groups in total. The van der Waals surface area contributed by atoms with Crippen molar-refractivity contribution < 1.29 is 20.2 Å². The lowest BCUT2D eigenvalue weighted by molar-refractivity contribution is -0.494. The quantitative estimate of drug-likeness (QED) is 0.684. The zero-order valence-corrected chi connectivity index (χ0v) is 14.7. The molecule has 0 aliphatic heterocycles. The highest BCUT2D eigenvalue weighted by molar-refractivity contribution is 5.74. The first-order chi connectivity index (χ1) is 12.5. The molecule has 0 saturated carbocycles. The van der Waals surface area contributed by atoms with Gasteiger partial charge in [-0.25, -0.2) is 8.78 Å². The van der Waals surface area contributed by atoms with E-state index in [2.05, 4.69) is 29.7 Å². The van der Waals surface area contributed by atoms with E-state index < -0.39 is 0 Å². The minimum absolute atomic E-state index is 0.251. The molecule has 0 aliphatic carbocycles. The molecule has 3 aromatic rings. The highest BCUT2D eigenvalue weighted by Gasteiger charge is 2.10. The van der Waals surface area contributed by atoms with Gasteiger partial charge in [0.2, 0.25) is 0 Å². The maximum atomic E-state index is 13.3. The van der Waals surface area contributed by atoms with Gasteiger partial charge in [0, 0.05) is 6.42 Å². The molecule has 0 radical (unpaired) electrons. The summed E-state index contributed by atoms with van der Waals surface area (Å²) in [6.45, 7) is 0.808. The summed E-state index contributed by atoms with van der Waals surface area (Å²) in [5, 5.41) is 0. The van der Waals surface area contributed by atoms with Crippen LogP contribution in [-0.2, 0) is 6.42 Å². The van der Waals surface area contributed by atoms with Gasteiger partial charge in [0.15, 0.2) is 0 Å². The van der Waals surface area contributed by atoms with E-state index in [0.29, 0.717) is 6.04 Å². The number of halogens is 2. The summed E-state index contributed by atoms with van der Waals surface area (Å²) in [5.74, 6) is -0.502. The minimum atomic E-state index is -0.251. The summed E-state index contributed by atoms with van der Waals surface area (Å²) >= 11 is 0. The summed E-state index contributed by atoms with van der Waals surface area (Å²) < 4.78 is 26.5. The van der Waals surface area contributed by atoms with Crippen LogP contribution in [0.2, 0.25) is 0 Å². The van der Waals surface area contributed by atoms with Crippen molar-refractivity contribution >= 4 is 0 Å². The van der Waals surface area contributed by atoms with Gasteiger partial charge in [-0.2, -0.15) is 0 Å². The summed E-state index contributed by atoms with van der Waals surface area (Å²) in [4.78, 5) is 0. The number of quaternary nitrogens is 2. The van der Waals surface area contributed by atoms with Crippen LogP contribution >= 0.6 is 0 Å². The fourth-order valence-corrected chi connectivity index (χ4v) is 2.97. The summed E-state index contributed by atoms with van der Waals surface area (Å²) in [5.41, 5.74) is 13.2. The van der Waals surface area contributed by atoms with Gasteiger partial charge >= 0.3 is 0 Å². The maximum absolute atomic E-state index is 13.3. The van der Waals surface area contributed by atoms with Crippen molar-refractivity contribution in [1.29, 1.82) is 0 Å². The van der Waals surface area contributed by atoms with Gasteiger partial charge in [0.1, 0.15) is 24.2 Å². The molecule has 1 atom stereocenters. The van der Waals surface area contributed by atoms with Crippen LogP contribution in [0.4, 0.5) is 8.78 Å². The van der Waals surface area contributed by atoms with E-state index in [1.165, 1.54) is 29.8 Å². The van der Waals surface area contributed by atoms with Crippen molar-refractivity contribution in [2.45, 2.75) is 18.9 Å². The second-order valence-corrected chi connectivity index (χ2v) is 6.63. The molecule has 0 aromatic heterocycles. The molecule has 0 unspecified atom stereocenters. The molecule has 3 rings (SSSR count). The normalized spacial score (nSPS) is 12.2. The van der Waals surface area contributed by atoms with Crippen LogP contribution in [0.5, 0.6) is 0 Å². The third-order valence-corrected chi connectivity index (χ3v) is 4.60. The van der Waals surface area contributed by atoms with Crippen LogP contribution in [0, 0.1) is 11.6 Å². The second kappa shape index (κ2) is 8.21. The lowest BCUT2D eigenvalue weighted by atomic mass is 9.94. The Balaban J connectivity index is 2.01. The number of hydrogen-bond donors (Lipinski definition) is 2. The first kappa shape index (κ1) is 18.2. The van der Waals surface area contributed by atoms with Gasteiger partial charge in [0.25, 0.3) is 0 Å². The SMILES string of the molecule is [NH3+]C[C@H]([NH3+])CCc1cc(-c2ccc(F)cc2)cc(-c2ccc(F)cc2)c1. The van der Waals surface area contributed by atoms with Crippen molar-refractivity contribution in [3.8, 4) is 22.3 Å². The topological polar surface area (TPSA) is 55.3 Å². The summed E-state index contributed by atoms with van der Waals surface area (Å²) in [6.07, 6.45) is 1.85. The Morgan fingerprint density at radius 2 is 1.15 bits per heavy atom. The fourth-order valence-electron chi connectivity index (χ4n) is 2.97. The van der Waals surface area contributed by atoms with Crippen LogP contribution < -0.4 is 11.5 Å². The van der Waals surface area contributed by atoms with Crippen molar-refractivity contribution in [2.24, 2.45) is 0 Å². The van der Waals surface area contributed by atoms with E-state index in [9.17, 15) is 8.78 Å². The zero-order chi connectivity index (χ0) is 18.5. The molecule has 0 saturated heterocycles. The van der Waals surface area contributed by atoms with Gasteiger partial charge in [-0.05, 0) is 64.6 Å². The monoisotopic (exact) mass is 354 g/mol. The zero-order valence-electron chi connectivity index (χ0n) is 14.7. The molecule has 26 heavy (non-hydrogen) atoms. The van der Waals surface area contributed by atoms with Crippen LogP contribution in [0.25, 0.3) is 22.3 Å². The van der Waals surface area contributed by atoms with Gasteiger partial charge in [-0.1, -0.05) is 36.4 Å². The Kier molecular flexibility index (Phi) is 5.76. The third-order valence-electron chi connectivity index (χ3n) is 4.60. The number of aryl methyl sites for hydroxylation is 1. The fraction of sp³-hybridized carbons (Fsp3) is 0.182. The van der Waals surface area contributed by atoms with Crippen molar-refractivity contribution in [3.05, 3.63) is 83.9 Å². The molecule has 0 spiro atoms. The van der Waals surface area contributed by atoms with E-state index in [0.717, 1.165) is 41.6 Å². The lowest BCUT2D eigenvalue weighted by Crippen LogP contribution is -2.72. The van der Waals surface area contributed by atoms with Crippen molar-refractivity contribution in [2.75, 3.05) is 6.54 Å². The molecule has 134 valence electrons. The molecule has 0 fully saturated rings. The Bertz CT molecular complexity index is 795. The van der Waals surface area contributed by atoms with Gasteiger partial charge in [0.05, 0.1) is 0 Å².